The zero-order valence-electron chi connectivity index (χ0n) is 9.47. The molecule has 0 saturated heterocycles. The number of amides is 1. The number of alkyl halides is 1. The summed E-state index contributed by atoms with van der Waals surface area (Å²) in [5.41, 5.74) is 0.771. The summed E-state index contributed by atoms with van der Waals surface area (Å²) >= 11 is 7.42. The van der Waals surface area contributed by atoms with Gasteiger partial charge in [0.1, 0.15) is 0 Å². The second-order valence-electron chi connectivity index (χ2n) is 4.57. The molecule has 0 aromatic carbocycles. The molecule has 1 amide bonds. The smallest absolute Gasteiger partial charge is 0.252 e. The first-order chi connectivity index (χ1) is 8.15. The standard InChI is InChI=1S/C12H15BrINOS/c13-8-12(4-2-1-3-5-12)15-11(16)9-6-10(14)17-7-9/h6-7H,1-5,8H2,(H,15,16). The van der Waals surface area contributed by atoms with E-state index in [9.17, 15) is 4.79 Å². The summed E-state index contributed by atoms with van der Waals surface area (Å²) in [4.78, 5) is 12.2. The van der Waals surface area contributed by atoms with E-state index in [2.05, 4.69) is 43.8 Å². The van der Waals surface area contributed by atoms with E-state index in [1.807, 2.05) is 11.4 Å². The molecule has 0 atom stereocenters. The highest BCUT2D eigenvalue weighted by atomic mass is 127. The van der Waals surface area contributed by atoms with Crippen LogP contribution in [0, 0.1) is 2.88 Å². The molecule has 1 aliphatic carbocycles. The van der Waals surface area contributed by atoms with Gasteiger partial charge in [-0.3, -0.25) is 4.79 Å². The maximum atomic E-state index is 12.2. The molecule has 5 heteroatoms. The van der Waals surface area contributed by atoms with E-state index in [0.29, 0.717) is 0 Å². The molecular weight excluding hydrogens is 413 g/mol. The Hall–Kier alpha value is 0.380. The van der Waals surface area contributed by atoms with E-state index in [0.717, 1.165) is 26.6 Å². The minimum Gasteiger partial charge on any atom is -0.346 e. The maximum Gasteiger partial charge on any atom is 0.252 e. The third-order valence-corrected chi connectivity index (χ3v) is 6.14. The van der Waals surface area contributed by atoms with Crippen molar-refractivity contribution in [1.29, 1.82) is 0 Å². The van der Waals surface area contributed by atoms with Gasteiger partial charge in [0, 0.05) is 10.7 Å². The fourth-order valence-electron chi connectivity index (χ4n) is 2.26. The summed E-state index contributed by atoms with van der Waals surface area (Å²) < 4.78 is 1.16. The van der Waals surface area contributed by atoms with Crippen LogP contribution in [0.2, 0.25) is 0 Å². The minimum atomic E-state index is -0.0251. The zero-order chi connectivity index (χ0) is 12.3. The fourth-order valence-corrected chi connectivity index (χ4v) is 4.29. The molecule has 0 unspecified atom stereocenters. The topological polar surface area (TPSA) is 29.1 Å². The lowest BCUT2D eigenvalue weighted by atomic mass is 9.83. The fraction of sp³-hybridized carbons (Fsp3) is 0.583. The van der Waals surface area contributed by atoms with Gasteiger partial charge in [-0.25, -0.2) is 0 Å². The Kier molecular flexibility index (Phi) is 4.88. The van der Waals surface area contributed by atoms with Crippen molar-refractivity contribution in [2.24, 2.45) is 0 Å². The third kappa shape index (κ3) is 3.44. The van der Waals surface area contributed by atoms with Crippen LogP contribution in [0.4, 0.5) is 0 Å². The van der Waals surface area contributed by atoms with Crippen LogP contribution in [-0.4, -0.2) is 16.8 Å². The molecule has 1 aliphatic rings. The Morgan fingerprint density at radius 1 is 1.47 bits per heavy atom. The van der Waals surface area contributed by atoms with Crippen molar-refractivity contribution in [3.05, 3.63) is 19.9 Å². The van der Waals surface area contributed by atoms with Gasteiger partial charge in [0.15, 0.2) is 0 Å². The molecule has 0 aliphatic heterocycles. The highest BCUT2D eigenvalue weighted by Gasteiger charge is 2.32. The van der Waals surface area contributed by atoms with Crippen molar-refractivity contribution < 1.29 is 4.79 Å². The molecule has 0 bridgehead atoms. The molecule has 1 aromatic rings. The second-order valence-corrected chi connectivity index (χ2v) is 7.93. The summed E-state index contributed by atoms with van der Waals surface area (Å²) in [6.07, 6.45) is 5.90. The van der Waals surface area contributed by atoms with E-state index in [1.165, 1.54) is 19.3 Å². The number of hydrogen-bond acceptors (Lipinski definition) is 2. The van der Waals surface area contributed by atoms with Gasteiger partial charge < -0.3 is 5.32 Å². The monoisotopic (exact) mass is 427 g/mol. The van der Waals surface area contributed by atoms with Crippen LogP contribution < -0.4 is 5.32 Å². The number of halogens is 2. The molecule has 1 fully saturated rings. The molecule has 1 N–H and O–H groups in total. The van der Waals surface area contributed by atoms with Crippen LogP contribution in [0.25, 0.3) is 0 Å². The molecule has 0 spiro atoms. The van der Waals surface area contributed by atoms with Gasteiger partial charge in [-0.1, -0.05) is 35.2 Å². The average Bonchev–Trinajstić information content (AvgIpc) is 2.77. The van der Waals surface area contributed by atoms with Crippen LogP contribution in [0.15, 0.2) is 11.4 Å². The Morgan fingerprint density at radius 3 is 2.71 bits per heavy atom. The van der Waals surface area contributed by atoms with Gasteiger partial charge in [-0.15, -0.1) is 11.3 Å². The van der Waals surface area contributed by atoms with Gasteiger partial charge in [0.05, 0.1) is 14.0 Å². The molecule has 17 heavy (non-hydrogen) atoms. The minimum absolute atomic E-state index is 0.0251. The number of carbonyl (C=O) groups excluding carboxylic acids is 1. The normalized spacial score (nSPS) is 18.9. The summed E-state index contributed by atoms with van der Waals surface area (Å²) in [7, 11) is 0. The predicted molar refractivity (Wildman–Crippen MR) is 84.1 cm³/mol. The van der Waals surface area contributed by atoms with Crippen molar-refractivity contribution in [3.63, 3.8) is 0 Å². The van der Waals surface area contributed by atoms with Gasteiger partial charge in [0.25, 0.3) is 5.91 Å². The van der Waals surface area contributed by atoms with Gasteiger partial charge in [-0.2, -0.15) is 0 Å². The Balaban J connectivity index is 2.05. The van der Waals surface area contributed by atoms with E-state index >= 15 is 0 Å². The molecular formula is C12H15BrINOS. The van der Waals surface area contributed by atoms with Crippen LogP contribution in [-0.2, 0) is 0 Å². The summed E-state index contributed by atoms with van der Waals surface area (Å²) in [5.74, 6) is 0.0746. The van der Waals surface area contributed by atoms with Crippen LogP contribution >= 0.6 is 49.9 Å². The third-order valence-electron chi connectivity index (χ3n) is 3.27. The van der Waals surface area contributed by atoms with Crippen molar-refractivity contribution in [2.45, 2.75) is 37.6 Å². The quantitative estimate of drug-likeness (QED) is 0.568. The zero-order valence-corrected chi connectivity index (χ0v) is 14.0. The van der Waals surface area contributed by atoms with Crippen LogP contribution in [0.1, 0.15) is 42.5 Å². The van der Waals surface area contributed by atoms with Crippen LogP contribution in [0.3, 0.4) is 0 Å². The molecule has 1 saturated carbocycles. The maximum absolute atomic E-state index is 12.2. The molecule has 1 aromatic heterocycles. The average molecular weight is 428 g/mol. The number of nitrogens with one attached hydrogen (secondary N) is 1. The highest BCUT2D eigenvalue weighted by Crippen LogP contribution is 2.30. The molecule has 0 radical (unpaired) electrons. The number of rotatable bonds is 3. The summed E-state index contributed by atoms with van der Waals surface area (Å²) in [5, 5.41) is 6.02. The lowest BCUT2D eigenvalue weighted by molar-refractivity contribution is 0.0887. The summed E-state index contributed by atoms with van der Waals surface area (Å²) in [6, 6.07) is 1.95. The molecule has 2 rings (SSSR count). The SMILES string of the molecule is O=C(NC1(CBr)CCCCC1)c1csc(I)c1. The van der Waals surface area contributed by atoms with E-state index in [1.54, 1.807) is 11.3 Å². The number of carbonyl (C=O) groups is 1. The van der Waals surface area contributed by atoms with Crippen molar-refractivity contribution >= 4 is 55.8 Å². The summed E-state index contributed by atoms with van der Waals surface area (Å²) in [6.45, 7) is 0. The van der Waals surface area contributed by atoms with E-state index in [4.69, 9.17) is 0 Å². The number of hydrogen-bond donors (Lipinski definition) is 1. The lowest BCUT2D eigenvalue weighted by Crippen LogP contribution is -2.51. The van der Waals surface area contributed by atoms with Gasteiger partial charge in [0.2, 0.25) is 0 Å². The first-order valence-electron chi connectivity index (χ1n) is 5.78. The Bertz CT molecular complexity index is 401. The van der Waals surface area contributed by atoms with Crippen molar-refractivity contribution in [2.75, 3.05) is 5.33 Å². The Morgan fingerprint density at radius 2 is 2.18 bits per heavy atom. The largest absolute Gasteiger partial charge is 0.346 e. The first-order valence-corrected chi connectivity index (χ1v) is 8.86. The van der Waals surface area contributed by atoms with Gasteiger partial charge in [-0.05, 0) is 41.5 Å². The first kappa shape index (κ1) is 13.8. The van der Waals surface area contributed by atoms with Crippen molar-refractivity contribution in [3.8, 4) is 0 Å². The highest BCUT2D eigenvalue weighted by molar-refractivity contribution is 14.1. The Labute approximate surface area is 128 Å². The van der Waals surface area contributed by atoms with Crippen LogP contribution in [0.5, 0.6) is 0 Å². The number of thiophene rings is 1. The van der Waals surface area contributed by atoms with Gasteiger partial charge >= 0.3 is 0 Å². The van der Waals surface area contributed by atoms with E-state index in [-0.39, 0.29) is 11.4 Å². The molecule has 94 valence electrons. The lowest BCUT2D eigenvalue weighted by Gasteiger charge is -2.36. The predicted octanol–water partition coefficient (Wildman–Crippen LogP) is 4.18. The molecule has 1 heterocycles. The van der Waals surface area contributed by atoms with Crippen molar-refractivity contribution in [1.82, 2.24) is 5.32 Å². The van der Waals surface area contributed by atoms with E-state index < -0.39 is 0 Å². The molecule has 2 nitrogen and oxygen atoms in total. The second kappa shape index (κ2) is 6.02.